The molecule has 0 saturated carbocycles. The molecule has 0 amide bonds. The van der Waals surface area contributed by atoms with Gasteiger partial charge in [-0.05, 0) is 43.0 Å². The Hall–Kier alpha value is -1.32. The molecule has 0 saturated heterocycles. The summed E-state index contributed by atoms with van der Waals surface area (Å²) < 4.78 is 1.92. The summed E-state index contributed by atoms with van der Waals surface area (Å²) in [5, 5.41) is 5.01. The SMILES string of the molecule is CCn1cc(CC(N)Cc2ccc(Cl)cc2)cn1. The third kappa shape index (κ3) is 3.59. The van der Waals surface area contributed by atoms with Crippen molar-refractivity contribution >= 4 is 11.6 Å². The number of hydrogen-bond acceptors (Lipinski definition) is 2. The van der Waals surface area contributed by atoms with Gasteiger partial charge in [0.05, 0.1) is 6.20 Å². The summed E-state index contributed by atoms with van der Waals surface area (Å²) in [5.41, 5.74) is 8.57. The molecule has 1 unspecified atom stereocenters. The fourth-order valence-corrected chi connectivity index (χ4v) is 2.11. The topological polar surface area (TPSA) is 43.8 Å². The van der Waals surface area contributed by atoms with Gasteiger partial charge in [0.25, 0.3) is 0 Å². The number of nitrogens with zero attached hydrogens (tertiary/aromatic N) is 2. The van der Waals surface area contributed by atoms with E-state index in [0.717, 1.165) is 24.4 Å². The minimum Gasteiger partial charge on any atom is -0.327 e. The maximum absolute atomic E-state index is 6.16. The van der Waals surface area contributed by atoms with Crippen molar-refractivity contribution in [2.75, 3.05) is 0 Å². The molecule has 0 aliphatic heterocycles. The van der Waals surface area contributed by atoms with E-state index in [1.807, 2.05) is 35.1 Å². The van der Waals surface area contributed by atoms with Crippen LogP contribution in [0.25, 0.3) is 0 Å². The van der Waals surface area contributed by atoms with Crippen LogP contribution >= 0.6 is 11.6 Å². The molecule has 2 rings (SSSR count). The molecular formula is C14H18ClN3. The molecule has 0 aliphatic rings. The number of aromatic nitrogens is 2. The summed E-state index contributed by atoms with van der Waals surface area (Å²) in [7, 11) is 0. The number of benzene rings is 1. The van der Waals surface area contributed by atoms with Crippen LogP contribution in [0.3, 0.4) is 0 Å². The van der Waals surface area contributed by atoms with Crippen LogP contribution < -0.4 is 5.73 Å². The van der Waals surface area contributed by atoms with Gasteiger partial charge in [-0.25, -0.2) is 0 Å². The second-order valence-electron chi connectivity index (χ2n) is 4.50. The van der Waals surface area contributed by atoms with Crippen LogP contribution in [0, 0.1) is 0 Å². The van der Waals surface area contributed by atoms with Gasteiger partial charge in [0.1, 0.15) is 0 Å². The molecule has 96 valence electrons. The Morgan fingerprint density at radius 3 is 2.50 bits per heavy atom. The molecule has 0 radical (unpaired) electrons. The third-order valence-electron chi connectivity index (χ3n) is 2.92. The van der Waals surface area contributed by atoms with Crippen LogP contribution in [-0.4, -0.2) is 15.8 Å². The lowest BCUT2D eigenvalue weighted by Gasteiger charge is -2.10. The third-order valence-corrected chi connectivity index (χ3v) is 3.17. The Morgan fingerprint density at radius 2 is 1.89 bits per heavy atom. The highest BCUT2D eigenvalue weighted by Crippen LogP contribution is 2.12. The summed E-state index contributed by atoms with van der Waals surface area (Å²) in [6, 6.07) is 7.97. The molecule has 3 nitrogen and oxygen atoms in total. The lowest BCUT2D eigenvalue weighted by atomic mass is 10.0. The number of nitrogens with two attached hydrogens (primary N) is 1. The molecule has 1 aromatic heterocycles. The average Bonchev–Trinajstić information content (AvgIpc) is 2.79. The molecule has 1 aromatic carbocycles. The number of halogens is 1. The molecular weight excluding hydrogens is 246 g/mol. The monoisotopic (exact) mass is 263 g/mol. The smallest absolute Gasteiger partial charge is 0.0522 e. The predicted molar refractivity (Wildman–Crippen MR) is 74.7 cm³/mol. The Kier molecular flexibility index (Phi) is 4.39. The van der Waals surface area contributed by atoms with E-state index >= 15 is 0 Å². The van der Waals surface area contributed by atoms with E-state index < -0.39 is 0 Å². The fourth-order valence-electron chi connectivity index (χ4n) is 1.98. The van der Waals surface area contributed by atoms with Gasteiger partial charge >= 0.3 is 0 Å². The molecule has 1 heterocycles. The van der Waals surface area contributed by atoms with Crippen LogP contribution in [0.4, 0.5) is 0 Å². The van der Waals surface area contributed by atoms with E-state index in [-0.39, 0.29) is 6.04 Å². The molecule has 4 heteroatoms. The van der Waals surface area contributed by atoms with E-state index in [9.17, 15) is 0 Å². The normalized spacial score (nSPS) is 12.6. The van der Waals surface area contributed by atoms with Crippen LogP contribution in [-0.2, 0) is 19.4 Å². The van der Waals surface area contributed by atoms with Gasteiger partial charge in [0.2, 0.25) is 0 Å². The van der Waals surface area contributed by atoms with Gasteiger partial charge < -0.3 is 5.73 Å². The van der Waals surface area contributed by atoms with Crippen molar-refractivity contribution in [3.8, 4) is 0 Å². The minimum atomic E-state index is 0.112. The predicted octanol–water partition coefficient (Wildman–Crippen LogP) is 2.67. The van der Waals surface area contributed by atoms with E-state index in [2.05, 4.69) is 18.2 Å². The summed E-state index contributed by atoms with van der Waals surface area (Å²) in [6.07, 6.45) is 5.66. The highest BCUT2D eigenvalue weighted by molar-refractivity contribution is 6.30. The average molecular weight is 264 g/mol. The first-order valence-corrected chi connectivity index (χ1v) is 6.56. The molecule has 0 spiro atoms. The van der Waals surface area contributed by atoms with Crippen LogP contribution in [0.1, 0.15) is 18.1 Å². The van der Waals surface area contributed by atoms with E-state index in [4.69, 9.17) is 17.3 Å². The fraction of sp³-hybridized carbons (Fsp3) is 0.357. The van der Waals surface area contributed by atoms with Gasteiger partial charge in [-0.2, -0.15) is 5.10 Å². The Labute approximate surface area is 113 Å². The van der Waals surface area contributed by atoms with Gasteiger partial charge in [0.15, 0.2) is 0 Å². The first-order valence-electron chi connectivity index (χ1n) is 6.18. The standard InChI is InChI=1S/C14H18ClN3/c1-2-18-10-12(9-17-18)8-14(16)7-11-3-5-13(15)6-4-11/h3-6,9-10,14H,2,7-8,16H2,1H3. The van der Waals surface area contributed by atoms with Crippen LogP contribution in [0.2, 0.25) is 5.02 Å². The molecule has 1 atom stereocenters. The lowest BCUT2D eigenvalue weighted by Crippen LogP contribution is -2.25. The quantitative estimate of drug-likeness (QED) is 0.901. The zero-order chi connectivity index (χ0) is 13.0. The second kappa shape index (κ2) is 6.03. The van der Waals surface area contributed by atoms with Crippen molar-refractivity contribution in [3.63, 3.8) is 0 Å². The van der Waals surface area contributed by atoms with Crippen LogP contribution in [0.15, 0.2) is 36.7 Å². The molecule has 2 N–H and O–H groups in total. The Morgan fingerprint density at radius 1 is 1.22 bits per heavy atom. The van der Waals surface area contributed by atoms with Crippen molar-refractivity contribution < 1.29 is 0 Å². The zero-order valence-corrected chi connectivity index (χ0v) is 11.3. The highest BCUT2D eigenvalue weighted by atomic mass is 35.5. The highest BCUT2D eigenvalue weighted by Gasteiger charge is 2.07. The molecule has 0 fully saturated rings. The van der Waals surface area contributed by atoms with E-state index in [1.165, 1.54) is 11.1 Å². The van der Waals surface area contributed by atoms with Crippen molar-refractivity contribution in [2.24, 2.45) is 5.73 Å². The van der Waals surface area contributed by atoms with Crippen molar-refractivity contribution in [3.05, 3.63) is 52.8 Å². The van der Waals surface area contributed by atoms with E-state index in [0.29, 0.717) is 0 Å². The van der Waals surface area contributed by atoms with Crippen molar-refractivity contribution in [1.82, 2.24) is 9.78 Å². The summed E-state index contributed by atoms with van der Waals surface area (Å²) in [4.78, 5) is 0. The molecule has 0 bridgehead atoms. The maximum atomic E-state index is 6.16. The van der Waals surface area contributed by atoms with E-state index in [1.54, 1.807) is 0 Å². The van der Waals surface area contributed by atoms with Gasteiger partial charge in [-0.1, -0.05) is 23.7 Å². The number of rotatable bonds is 5. The largest absolute Gasteiger partial charge is 0.327 e. The van der Waals surface area contributed by atoms with Gasteiger partial charge in [-0.15, -0.1) is 0 Å². The maximum Gasteiger partial charge on any atom is 0.0522 e. The summed E-state index contributed by atoms with van der Waals surface area (Å²) >= 11 is 5.85. The minimum absolute atomic E-state index is 0.112. The second-order valence-corrected chi connectivity index (χ2v) is 4.94. The van der Waals surface area contributed by atoms with Crippen LogP contribution in [0.5, 0.6) is 0 Å². The summed E-state index contributed by atoms with van der Waals surface area (Å²) in [5.74, 6) is 0. The molecule has 0 aliphatic carbocycles. The van der Waals surface area contributed by atoms with Crippen molar-refractivity contribution in [1.29, 1.82) is 0 Å². The Balaban J connectivity index is 1.91. The number of hydrogen-bond donors (Lipinski definition) is 1. The molecule has 18 heavy (non-hydrogen) atoms. The number of aryl methyl sites for hydroxylation is 1. The molecule has 2 aromatic rings. The first-order chi connectivity index (χ1) is 8.67. The van der Waals surface area contributed by atoms with Gasteiger partial charge in [-0.3, -0.25) is 4.68 Å². The zero-order valence-electron chi connectivity index (χ0n) is 10.5. The lowest BCUT2D eigenvalue weighted by molar-refractivity contribution is 0.650. The first kappa shape index (κ1) is 13.1. The summed E-state index contributed by atoms with van der Waals surface area (Å²) in [6.45, 7) is 2.97. The van der Waals surface area contributed by atoms with Gasteiger partial charge in [0, 0.05) is 23.8 Å². The van der Waals surface area contributed by atoms with Crippen molar-refractivity contribution in [2.45, 2.75) is 32.4 Å². The Bertz CT molecular complexity index is 490.